The van der Waals surface area contributed by atoms with Gasteiger partial charge in [0.2, 0.25) is 0 Å². The molecule has 0 N–H and O–H groups in total. The Hall–Kier alpha value is -0.780. The van der Waals surface area contributed by atoms with E-state index in [1.165, 1.54) is 11.9 Å². The van der Waals surface area contributed by atoms with E-state index >= 15 is 0 Å². The Morgan fingerprint density at radius 3 is 2.24 bits per heavy atom. The van der Waals surface area contributed by atoms with Crippen molar-refractivity contribution in [1.29, 1.82) is 0 Å². The van der Waals surface area contributed by atoms with Crippen molar-refractivity contribution in [1.82, 2.24) is 4.90 Å². The van der Waals surface area contributed by atoms with Gasteiger partial charge in [0.1, 0.15) is 9.84 Å². The van der Waals surface area contributed by atoms with Gasteiger partial charge in [-0.2, -0.15) is 0 Å². The fourth-order valence-corrected chi connectivity index (χ4v) is 4.12. The number of halogens is 1. The van der Waals surface area contributed by atoms with Gasteiger partial charge < -0.3 is 4.90 Å². The van der Waals surface area contributed by atoms with Crippen LogP contribution in [0.15, 0.2) is 24.3 Å². The van der Waals surface area contributed by atoms with Gasteiger partial charge in [-0.15, -0.1) is 0 Å². The Labute approximate surface area is 132 Å². The van der Waals surface area contributed by atoms with Crippen LogP contribution >= 0.6 is 11.6 Å². The smallest absolute Gasteiger partial charge is 0.147 e. The molecule has 0 saturated carbocycles. The van der Waals surface area contributed by atoms with Crippen LogP contribution < -0.4 is 4.90 Å². The molecule has 1 saturated heterocycles. The summed E-state index contributed by atoms with van der Waals surface area (Å²) in [4.78, 5) is 4.69. The summed E-state index contributed by atoms with van der Waals surface area (Å²) in [5.74, 6) is 0.451. The van der Waals surface area contributed by atoms with E-state index in [1.54, 1.807) is 0 Å². The number of piperazine rings is 1. The maximum absolute atomic E-state index is 11.3. The number of benzene rings is 1. The Morgan fingerprint density at radius 2 is 1.71 bits per heavy atom. The lowest BCUT2D eigenvalue weighted by molar-refractivity contribution is 0.232. The molecule has 1 aromatic carbocycles. The molecule has 4 nitrogen and oxygen atoms in total. The average Bonchev–Trinajstić information content (AvgIpc) is 2.38. The number of nitrogens with zero attached hydrogens (tertiary/aromatic N) is 2. The highest BCUT2D eigenvalue weighted by atomic mass is 35.5. The molecule has 1 fully saturated rings. The second-order valence-electron chi connectivity index (χ2n) is 5.96. The van der Waals surface area contributed by atoms with Gasteiger partial charge in [-0.05, 0) is 30.2 Å². The van der Waals surface area contributed by atoms with E-state index in [0.29, 0.717) is 0 Å². The van der Waals surface area contributed by atoms with Crippen LogP contribution in [0.25, 0.3) is 0 Å². The van der Waals surface area contributed by atoms with Gasteiger partial charge in [0.05, 0.1) is 5.75 Å². The Morgan fingerprint density at radius 1 is 1.14 bits per heavy atom. The van der Waals surface area contributed by atoms with Crippen molar-refractivity contribution in [2.24, 2.45) is 5.92 Å². The lowest BCUT2D eigenvalue weighted by Gasteiger charge is -2.37. The molecule has 0 radical (unpaired) electrons. The molecule has 0 amide bonds. The van der Waals surface area contributed by atoms with Crippen LogP contribution in [0.1, 0.15) is 6.92 Å². The molecule has 1 aliphatic rings. The standard InChI is InChI=1S/C15H23ClN2O2S/c1-13(12-21(2,19)20)11-17-7-9-18(10-8-17)15-5-3-14(16)4-6-15/h3-6,13H,7-12H2,1-2H3/t13-/m1/s1. The summed E-state index contributed by atoms with van der Waals surface area (Å²) in [6, 6.07) is 7.92. The maximum Gasteiger partial charge on any atom is 0.147 e. The molecule has 1 aliphatic heterocycles. The lowest BCUT2D eigenvalue weighted by atomic mass is 10.2. The number of hydrogen-bond donors (Lipinski definition) is 0. The van der Waals surface area contributed by atoms with Crippen molar-refractivity contribution in [2.75, 3.05) is 49.6 Å². The first-order chi connectivity index (χ1) is 9.83. The molecule has 0 aliphatic carbocycles. The topological polar surface area (TPSA) is 40.6 Å². The van der Waals surface area contributed by atoms with Gasteiger partial charge in [0.15, 0.2) is 0 Å². The number of hydrogen-bond acceptors (Lipinski definition) is 4. The first kappa shape index (κ1) is 16.6. The third-order valence-corrected chi connectivity index (χ3v) is 5.15. The van der Waals surface area contributed by atoms with E-state index in [1.807, 2.05) is 31.2 Å². The molecular formula is C15H23ClN2O2S. The summed E-state index contributed by atoms with van der Waals surface area (Å²) in [6.45, 7) is 6.72. The summed E-state index contributed by atoms with van der Waals surface area (Å²) < 4.78 is 22.6. The second kappa shape index (κ2) is 6.99. The predicted molar refractivity (Wildman–Crippen MR) is 89.0 cm³/mol. The van der Waals surface area contributed by atoms with Crippen molar-refractivity contribution < 1.29 is 8.42 Å². The zero-order valence-corrected chi connectivity index (χ0v) is 14.2. The number of sulfone groups is 1. The zero-order valence-electron chi connectivity index (χ0n) is 12.6. The van der Waals surface area contributed by atoms with Crippen molar-refractivity contribution in [3.05, 3.63) is 29.3 Å². The van der Waals surface area contributed by atoms with Crippen LogP contribution in [0.5, 0.6) is 0 Å². The highest BCUT2D eigenvalue weighted by molar-refractivity contribution is 7.90. The molecule has 0 bridgehead atoms. The highest BCUT2D eigenvalue weighted by Crippen LogP contribution is 2.19. The van der Waals surface area contributed by atoms with E-state index in [-0.39, 0.29) is 11.7 Å². The lowest BCUT2D eigenvalue weighted by Crippen LogP contribution is -2.48. The van der Waals surface area contributed by atoms with Crippen LogP contribution in [-0.2, 0) is 9.84 Å². The molecule has 1 atom stereocenters. The van der Waals surface area contributed by atoms with Crippen LogP contribution in [0.4, 0.5) is 5.69 Å². The minimum absolute atomic E-state index is 0.182. The Bertz CT molecular complexity index is 552. The molecule has 21 heavy (non-hydrogen) atoms. The monoisotopic (exact) mass is 330 g/mol. The van der Waals surface area contributed by atoms with E-state index in [2.05, 4.69) is 9.80 Å². The largest absolute Gasteiger partial charge is 0.369 e. The van der Waals surface area contributed by atoms with Gasteiger partial charge in [0.25, 0.3) is 0 Å². The normalized spacial score (nSPS) is 18.7. The van der Waals surface area contributed by atoms with Crippen molar-refractivity contribution in [3.8, 4) is 0 Å². The minimum Gasteiger partial charge on any atom is -0.369 e. The fraction of sp³-hybridized carbons (Fsp3) is 0.600. The Balaban J connectivity index is 1.82. The molecule has 1 heterocycles. The van der Waals surface area contributed by atoms with Crippen LogP contribution in [0.2, 0.25) is 5.02 Å². The van der Waals surface area contributed by atoms with E-state index in [9.17, 15) is 8.42 Å². The average molecular weight is 331 g/mol. The molecule has 0 spiro atoms. The third kappa shape index (κ3) is 5.49. The Kier molecular flexibility index (Phi) is 5.52. The van der Waals surface area contributed by atoms with Gasteiger partial charge in [-0.3, -0.25) is 4.90 Å². The molecule has 118 valence electrons. The van der Waals surface area contributed by atoms with Crippen molar-refractivity contribution in [3.63, 3.8) is 0 Å². The summed E-state index contributed by atoms with van der Waals surface area (Å²) in [5.41, 5.74) is 1.20. The van der Waals surface area contributed by atoms with Crippen LogP contribution in [-0.4, -0.2) is 58.1 Å². The summed E-state index contributed by atoms with van der Waals surface area (Å²) >= 11 is 5.91. The molecular weight excluding hydrogens is 308 g/mol. The second-order valence-corrected chi connectivity index (χ2v) is 8.58. The van der Waals surface area contributed by atoms with Gasteiger partial charge >= 0.3 is 0 Å². The van der Waals surface area contributed by atoms with Gasteiger partial charge in [0, 0.05) is 49.7 Å². The maximum atomic E-state index is 11.3. The predicted octanol–water partition coefficient (Wildman–Crippen LogP) is 2.14. The molecule has 6 heteroatoms. The van der Waals surface area contributed by atoms with Gasteiger partial charge in [-0.25, -0.2) is 8.42 Å². The molecule has 0 aromatic heterocycles. The summed E-state index contributed by atoms with van der Waals surface area (Å²) in [5, 5.41) is 0.756. The third-order valence-electron chi connectivity index (χ3n) is 3.72. The first-order valence-electron chi connectivity index (χ1n) is 7.24. The van der Waals surface area contributed by atoms with Crippen LogP contribution in [0.3, 0.4) is 0 Å². The summed E-state index contributed by atoms with van der Waals surface area (Å²) in [6.07, 6.45) is 1.31. The zero-order chi connectivity index (χ0) is 15.5. The van der Waals surface area contributed by atoms with Crippen LogP contribution in [0, 0.1) is 5.92 Å². The highest BCUT2D eigenvalue weighted by Gasteiger charge is 2.20. The molecule has 1 aromatic rings. The first-order valence-corrected chi connectivity index (χ1v) is 9.68. The molecule has 0 unspecified atom stereocenters. The van der Waals surface area contributed by atoms with E-state index < -0.39 is 9.84 Å². The van der Waals surface area contributed by atoms with E-state index in [4.69, 9.17) is 11.6 Å². The molecule has 2 rings (SSSR count). The minimum atomic E-state index is -2.88. The number of rotatable bonds is 5. The van der Waals surface area contributed by atoms with E-state index in [0.717, 1.165) is 37.7 Å². The SMILES string of the molecule is C[C@H](CN1CCN(c2ccc(Cl)cc2)CC1)CS(C)(=O)=O. The van der Waals surface area contributed by atoms with Gasteiger partial charge in [-0.1, -0.05) is 18.5 Å². The summed E-state index contributed by atoms with van der Waals surface area (Å²) in [7, 11) is -2.88. The fourth-order valence-electron chi connectivity index (χ4n) is 2.85. The quantitative estimate of drug-likeness (QED) is 0.829. The van der Waals surface area contributed by atoms with Crippen molar-refractivity contribution in [2.45, 2.75) is 6.92 Å². The van der Waals surface area contributed by atoms with Crippen molar-refractivity contribution >= 4 is 27.1 Å². The number of anilines is 1.